The number of hydrogen-bond donors (Lipinski definition) is 1. The molecule has 0 saturated heterocycles. The summed E-state index contributed by atoms with van der Waals surface area (Å²) in [5.41, 5.74) is 0.487. The van der Waals surface area contributed by atoms with Crippen LogP contribution in [0, 0.1) is 11.3 Å². The van der Waals surface area contributed by atoms with Crippen LogP contribution in [0.3, 0.4) is 0 Å². The maximum Gasteiger partial charge on any atom is 0.0204 e. The van der Waals surface area contributed by atoms with Gasteiger partial charge in [-0.2, -0.15) is 11.8 Å². The van der Waals surface area contributed by atoms with Crippen molar-refractivity contribution < 1.29 is 0 Å². The van der Waals surface area contributed by atoms with Gasteiger partial charge in [-0.25, -0.2) is 0 Å². The molecule has 1 fully saturated rings. The van der Waals surface area contributed by atoms with Gasteiger partial charge in [0, 0.05) is 11.3 Å². The van der Waals surface area contributed by atoms with Gasteiger partial charge in [-0.3, -0.25) is 0 Å². The second kappa shape index (κ2) is 7.79. The van der Waals surface area contributed by atoms with Crippen molar-refractivity contribution >= 4 is 11.8 Å². The molecule has 0 amide bonds. The van der Waals surface area contributed by atoms with Gasteiger partial charge < -0.3 is 5.32 Å². The van der Waals surface area contributed by atoms with Crippen LogP contribution in [-0.4, -0.2) is 23.6 Å². The molecule has 0 aliphatic heterocycles. The summed E-state index contributed by atoms with van der Waals surface area (Å²) in [5.74, 6) is 2.23. The third-order valence-corrected chi connectivity index (χ3v) is 5.80. The summed E-state index contributed by atoms with van der Waals surface area (Å²) in [6.45, 7) is 13.0. The summed E-state index contributed by atoms with van der Waals surface area (Å²) >= 11 is 2.21. The largest absolute Gasteiger partial charge is 0.313 e. The zero-order chi connectivity index (χ0) is 13.6. The first-order valence-corrected chi connectivity index (χ1v) is 8.88. The van der Waals surface area contributed by atoms with E-state index >= 15 is 0 Å². The van der Waals surface area contributed by atoms with Gasteiger partial charge in [-0.15, -0.1) is 0 Å². The molecule has 1 aliphatic carbocycles. The fourth-order valence-corrected chi connectivity index (χ4v) is 4.30. The standard InChI is InChI=1S/C16H33NS/c1-6-10-17-14-9-8-13(16(3,4)5)12-15(14)18-11-7-2/h13-15,17H,6-12H2,1-5H3. The maximum atomic E-state index is 3.78. The lowest BCUT2D eigenvalue weighted by Crippen LogP contribution is -2.45. The van der Waals surface area contributed by atoms with E-state index in [1.165, 1.54) is 44.4 Å². The van der Waals surface area contributed by atoms with Crippen LogP contribution in [0.4, 0.5) is 0 Å². The van der Waals surface area contributed by atoms with Gasteiger partial charge in [-0.1, -0.05) is 34.6 Å². The second-order valence-corrected chi connectivity index (χ2v) is 8.19. The molecular formula is C16H33NS. The lowest BCUT2D eigenvalue weighted by molar-refractivity contribution is 0.165. The third-order valence-electron chi connectivity index (χ3n) is 4.21. The molecule has 0 aromatic rings. The monoisotopic (exact) mass is 271 g/mol. The van der Waals surface area contributed by atoms with Gasteiger partial charge in [0.25, 0.3) is 0 Å². The fraction of sp³-hybridized carbons (Fsp3) is 1.00. The highest BCUT2D eigenvalue weighted by atomic mass is 32.2. The molecule has 108 valence electrons. The van der Waals surface area contributed by atoms with E-state index in [2.05, 4.69) is 51.7 Å². The van der Waals surface area contributed by atoms with E-state index in [1.54, 1.807) is 0 Å². The van der Waals surface area contributed by atoms with Crippen molar-refractivity contribution in [3.05, 3.63) is 0 Å². The van der Waals surface area contributed by atoms with E-state index in [1.807, 2.05) is 0 Å². The van der Waals surface area contributed by atoms with Crippen molar-refractivity contribution in [2.45, 2.75) is 78.0 Å². The Morgan fingerprint density at radius 3 is 2.39 bits per heavy atom. The predicted octanol–water partition coefficient (Wildman–Crippen LogP) is 4.71. The quantitative estimate of drug-likeness (QED) is 0.750. The molecule has 2 heteroatoms. The average Bonchev–Trinajstić information content (AvgIpc) is 2.33. The van der Waals surface area contributed by atoms with Crippen molar-refractivity contribution in [2.24, 2.45) is 11.3 Å². The van der Waals surface area contributed by atoms with Gasteiger partial charge in [-0.05, 0) is 55.7 Å². The Kier molecular flexibility index (Phi) is 7.08. The van der Waals surface area contributed by atoms with Crippen LogP contribution in [0.2, 0.25) is 0 Å². The molecule has 0 spiro atoms. The first kappa shape index (κ1) is 16.4. The number of nitrogens with one attached hydrogen (secondary N) is 1. The molecule has 0 heterocycles. The fourth-order valence-electron chi connectivity index (χ4n) is 2.93. The summed E-state index contributed by atoms with van der Waals surface area (Å²) in [4.78, 5) is 0. The van der Waals surface area contributed by atoms with Crippen LogP contribution in [0.25, 0.3) is 0 Å². The van der Waals surface area contributed by atoms with Gasteiger partial charge in [0.1, 0.15) is 0 Å². The molecule has 0 aromatic heterocycles. The van der Waals surface area contributed by atoms with Gasteiger partial charge in [0.15, 0.2) is 0 Å². The minimum Gasteiger partial charge on any atom is -0.313 e. The van der Waals surface area contributed by atoms with Crippen LogP contribution in [-0.2, 0) is 0 Å². The Labute approximate surface area is 119 Å². The Hall–Kier alpha value is 0.310. The Bertz CT molecular complexity index is 222. The highest BCUT2D eigenvalue weighted by molar-refractivity contribution is 7.99. The minimum absolute atomic E-state index is 0.487. The summed E-state index contributed by atoms with van der Waals surface area (Å²) in [5, 5.41) is 4.62. The van der Waals surface area contributed by atoms with E-state index < -0.39 is 0 Å². The van der Waals surface area contributed by atoms with Crippen molar-refractivity contribution in [2.75, 3.05) is 12.3 Å². The molecule has 1 aliphatic rings. The molecule has 3 unspecified atom stereocenters. The van der Waals surface area contributed by atoms with Gasteiger partial charge in [0.05, 0.1) is 0 Å². The number of hydrogen-bond acceptors (Lipinski definition) is 2. The molecule has 3 atom stereocenters. The van der Waals surface area contributed by atoms with E-state index in [-0.39, 0.29) is 0 Å². The number of thioether (sulfide) groups is 1. The van der Waals surface area contributed by atoms with Crippen LogP contribution in [0.5, 0.6) is 0 Å². The molecule has 1 rings (SSSR count). The molecule has 0 radical (unpaired) electrons. The van der Waals surface area contributed by atoms with Crippen LogP contribution < -0.4 is 5.32 Å². The maximum absolute atomic E-state index is 3.78. The summed E-state index contributed by atoms with van der Waals surface area (Å²) in [7, 11) is 0. The van der Waals surface area contributed by atoms with Gasteiger partial charge >= 0.3 is 0 Å². The van der Waals surface area contributed by atoms with E-state index in [0.717, 1.165) is 17.2 Å². The average molecular weight is 272 g/mol. The zero-order valence-electron chi connectivity index (χ0n) is 13.1. The summed E-state index contributed by atoms with van der Waals surface area (Å²) in [6.07, 6.45) is 6.76. The van der Waals surface area contributed by atoms with Crippen molar-refractivity contribution in [1.29, 1.82) is 0 Å². The summed E-state index contributed by atoms with van der Waals surface area (Å²) < 4.78 is 0. The van der Waals surface area contributed by atoms with Crippen LogP contribution >= 0.6 is 11.8 Å². The lowest BCUT2D eigenvalue weighted by atomic mass is 9.71. The van der Waals surface area contributed by atoms with E-state index in [9.17, 15) is 0 Å². The second-order valence-electron chi connectivity index (χ2n) is 6.85. The van der Waals surface area contributed by atoms with Crippen molar-refractivity contribution in [3.63, 3.8) is 0 Å². The third kappa shape index (κ3) is 5.13. The van der Waals surface area contributed by atoms with E-state index in [4.69, 9.17) is 0 Å². The minimum atomic E-state index is 0.487. The highest BCUT2D eigenvalue weighted by Gasteiger charge is 2.35. The molecular weight excluding hydrogens is 238 g/mol. The van der Waals surface area contributed by atoms with Crippen LogP contribution in [0.1, 0.15) is 66.7 Å². The van der Waals surface area contributed by atoms with E-state index in [0.29, 0.717) is 5.41 Å². The molecule has 1 saturated carbocycles. The zero-order valence-corrected chi connectivity index (χ0v) is 13.9. The smallest absolute Gasteiger partial charge is 0.0204 e. The SMILES string of the molecule is CCCNC1CCC(C(C)(C)C)CC1SCCC. The molecule has 1 N–H and O–H groups in total. The normalized spacial score (nSPS) is 29.5. The topological polar surface area (TPSA) is 12.0 Å². The first-order valence-electron chi connectivity index (χ1n) is 7.84. The Morgan fingerprint density at radius 1 is 1.11 bits per heavy atom. The Balaban J connectivity index is 2.54. The van der Waals surface area contributed by atoms with Crippen LogP contribution in [0.15, 0.2) is 0 Å². The highest BCUT2D eigenvalue weighted by Crippen LogP contribution is 2.41. The molecule has 18 heavy (non-hydrogen) atoms. The summed E-state index contributed by atoms with van der Waals surface area (Å²) in [6, 6.07) is 0.764. The Morgan fingerprint density at radius 2 is 1.83 bits per heavy atom. The lowest BCUT2D eigenvalue weighted by Gasteiger charge is -2.42. The van der Waals surface area contributed by atoms with Crippen molar-refractivity contribution in [1.82, 2.24) is 5.32 Å². The molecule has 0 aromatic carbocycles. The molecule has 1 nitrogen and oxygen atoms in total. The van der Waals surface area contributed by atoms with Gasteiger partial charge in [0.2, 0.25) is 0 Å². The molecule has 0 bridgehead atoms. The van der Waals surface area contributed by atoms with Crippen molar-refractivity contribution in [3.8, 4) is 0 Å². The predicted molar refractivity (Wildman–Crippen MR) is 85.4 cm³/mol. The number of rotatable bonds is 6. The first-order chi connectivity index (χ1) is 8.49.